The molecule has 0 aliphatic rings. The van der Waals surface area contributed by atoms with Gasteiger partial charge in [0.25, 0.3) is 0 Å². The molecule has 3 N–H and O–H groups in total. The Balaban J connectivity index is 3.36. The summed E-state index contributed by atoms with van der Waals surface area (Å²) in [4.78, 5) is 11.0. The van der Waals surface area contributed by atoms with Gasteiger partial charge in [-0.2, -0.15) is 0 Å². The number of ketones is 1. The third kappa shape index (κ3) is 1.43. The van der Waals surface area contributed by atoms with Crippen molar-refractivity contribution in [3.05, 3.63) is 22.2 Å². The molecule has 1 rings (SSSR count). The van der Waals surface area contributed by atoms with Crippen molar-refractivity contribution in [2.75, 3.05) is 5.73 Å². The highest BCUT2D eigenvalue weighted by Crippen LogP contribution is 2.31. The third-order valence-electron chi connectivity index (χ3n) is 1.54. The average molecular weight is 230 g/mol. The Morgan fingerprint density at radius 3 is 2.67 bits per heavy atom. The molecular weight excluding hydrogens is 222 g/mol. The van der Waals surface area contributed by atoms with E-state index in [1.807, 2.05) is 0 Å². The second-order valence-corrected chi connectivity index (χ2v) is 3.21. The fourth-order valence-corrected chi connectivity index (χ4v) is 1.47. The first-order chi connectivity index (χ1) is 5.54. The van der Waals surface area contributed by atoms with Crippen LogP contribution in [0.3, 0.4) is 0 Å². The van der Waals surface area contributed by atoms with E-state index in [1.54, 1.807) is 0 Å². The van der Waals surface area contributed by atoms with Crippen molar-refractivity contribution in [1.82, 2.24) is 0 Å². The van der Waals surface area contributed by atoms with Gasteiger partial charge in [-0.3, -0.25) is 4.79 Å². The van der Waals surface area contributed by atoms with Gasteiger partial charge in [0.15, 0.2) is 5.78 Å². The van der Waals surface area contributed by atoms with Crippen LogP contribution in [-0.2, 0) is 0 Å². The zero-order chi connectivity index (χ0) is 9.30. The summed E-state index contributed by atoms with van der Waals surface area (Å²) in [6.07, 6.45) is 0. The number of nitrogen functional groups attached to an aromatic ring is 1. The molecule has 0 heterocycles. The van der Waals surface area contributed by atoms with Crippen LogP contribution >= 0.6 is 15.9 Å². The molecule has 0 saturated heterocycles. The molecule has 0 unspecified atom stereocenters. The van der Waals surface area contributed by atoms with Gasteiger partial charge in [0.05, 0.1) is 10.2 Å². The Kier molecular flexibility index (Phi) is 2.38. The van der Waals surface area contributed by atoms with Crippen LogP contribution in [-0.4, -0.2) is 10.9 Å². The molecule has 0 saturated carbocycles. The number of anilines is 1. The van der Waals surface area contributed by atoms with Crippen molar-refractivity contribution < 1.29 is 9.90 Å². The Bertz CT molecular complexity index is 336. The average Bonchev–Trinajstić information content (AvgIpc) is 2.00. The van der Waals surface area contributed by atoms with Crippen molar-refractivity contribution in [2.24, 2.45) is 0 Å². The lowest BCUT2D eigenvalue weighted by Crippen LogP contribution is -1.97. The summed E-state index contributed by atoms with van der Waals surface area (Å²) in [7, 11) is 0. The molecular formula is C8H8BrNO2. The maximum atomic E-state index is 11.0. The van der Waals surface area contributed by atoms with Crippen LogP contribution in [0.1, 0.15) is 17.3 Å². The number of Topliss-reactive ketones (excluding diaryl/α,β-unsaturated/α-hetero) is 1. The molecule has 0 fully saturated rings. The minimum atomic E-state index is -0.0893. The lowest BCUT2D eigenvalue weighted by Gasteiger charge is -2.04. The zero-order valence-corrected chi connectivity index (χ0v) is 8.05. The van der Waals surface area contributed by atoms with Crippen molar-refractivity contribution in [2.45, 2.75) is 6.92 Å². The van der Waals surface area contributed by atoms with E-state index in [4.69, 9.17) is 10.8 Å². The number of nitrogens with two attached hydrogens (primary N) is 1. The van der Waals surface area contributed by atoms with Gasteiger partial charge in [-0.1, -0.05) is 0 Å². The number of carbonyl (C=O) groups excluding carboxylic acids is 1. The lowest BCUT2D eigenvalue weighted by molar-refractivity contribution is 0.101. The van der Waals surface area contributed by atoms with Gasteiger partial charge in [0, 0.05) is 5.56 Å². The number of halogens is 1. The number of rotatable bonds is 1. The summed E-state index contributed by atoms with van der Waals surface area (Å²) in [6, 6.07) is 2.93. The van der Waals surface area contributed by atoms with E-state index >= 15 is 0 Å². The first kappa shape index (κ1) is 9.06. The first-order valence-electron chi connectivity index (χ1n) is 3.32. The number of phenolic OH excluding ortho intramolecular Hbond substituents is 1. The van der Waals surface area contributed by atoms with E-state index in [0.29, 0.717) is 10.0 Å². The highest BCUT2D eigenvalue weighted by Gasteiger charge is 2.10. The van der Waals surface area contributed by atoms with Gasteiger partial charge in [0.1, 0.15) is 5.75 Å². The number of phenols is 1. The molecule has 12 heavy (non-hydrogen) atoms. The molecule has 1 aromatic carbocycles. The molecule has 3 nitrogen and oxygen atoms in total. The largest absolute Gasteiger partial charge is 0.506 e. The SMILES string of the molecule is CC(=O)c1ccc(O)c(N)c1Br. The normalized spacial score (nSPS) is 9.83. The minimum Gasteiger partial charge on any atom is -0.506 e. The highest BCUT2D eigenvalue weighted by atomic mass is 79.9. The summed E-state index contributed by atoms with van der Waals surface area (Å²) in [6.45, 7) is 1.44. The number of carbonyl (C=O) groups is 1. The quantitative estimate of drug-likeness (QED) is 0.440. The van der Waals surface area contributed by atoms with Crippen molar-refractivity contribution >= 4 is 27.4 Å². The van der Waals surface area contributed by atoms with Crippen LogP contribution < -0.4 is 5.73 Å². The molecule has 0 aromatic heterocycles. The van der Waals surface area contributed by atoms with E-state index in [-0.39, 0.29) is 17.2 Å². The fraction of sp³-hybridized carbons (Fsp3) is 0.125. The summed E-state index contributed by atoms with van der Waals surface area (Å²) < 4.78 is 0.454. The Labute approximate surface area is 78.3 Å². The van der Waals surface area contributed by atoms with Gasteiger partial charge in [-0.05, 0) is 35.0 Å². The Morgan fingerprint density at radius 2 is 2.17 bits per heavy atom. The lowest BCUT2D eigenvalue weighted by atomic mass is 10.1. The molecule has 0 atom stereocenters. The van der Waals surface area contributed by atoms with Gasteiger partial charge >= 0.3 is 0 Å². The molecule has 0 spiro atoms. The van der Waals surface area contributed by atoms with E-state index in [2.05, 4.69) is 15.9 Å². The van der Waals surface area contributed by atoms with E-state index in [9.17, 15) is 4.79 Å². The molecule has 0 bridgehead atoms. The van der Waals surface area contributed by atoms with Crippen molar-refractivity contribution in [3.8, 4) is 5.75 Å². The van der Waals surface area contributed by atoms with Crippen LogP contribution in [0.15, 0.2) is 16.6 Å². The molecule has 0 aliphatic carbocycles. The second-order valence-electron chi connectivity index (χ2n) is 2.42. The number of hydrogen-bond acceptors (Lipinski definition) is 3. The van der Waals surface area contributed by atoms with Crippen LogP contribution in [0.5, 0.6) is 5.75 Å². The summed E-state index contributed by atoms with van der Waals surface area (Å²) >= 11 is 3.13. The van der Waals surface area contributed by atoms with Crippen LogP contribution in [0.2, 0.25) is 0 Å². The van der Waals surface area contributed by atoms with Gasteiger partial charge < -0.3 is 10.8 Å². The predicted molar refractivity (Wildman–Crippen MR) is 50.2 cm³/mol. The molecule has 1 aromatic rings. The smallest absolute Gasteiger partial charge is 0.161 e. The van der Waals surface area contributed by atoms with Crippen LogP contribution in [0, 0.1) is 0 Å². The molecule has 0 aliphatic heterocycles. The zero-order valence-electron chi connectivity index (χ0n) is 6.47. The molecule has 0 radical (unpaired) electrons. The number of aromatic hydroxyl groups is 1. The topological polar surface area (TPSA) is 63.3 Å². The van der Waals surface area contributed by atoms with Gasteiger partial charge in [-0.25, -0.2) is 0 Å². The van der Waals surface area contributed by atoms with E-state index in [0.717, 1.165) is 0 Å². The maximum Gasteiger partial charge on any atom is 0.161 e. The summed E-state index contributed by atoms with van der Waals surface area (Å²) in [5.74, 6) is -0.111. The molecule has 0 amide bonds. The number of benzene rings is 1. The van der Waals surface area contributed by atoms with E-state index < -0.39 is 0 Å². The van der Waals surface area contributed by atoms with Crippen LogP contribution in [0.4, 0.5) is 5.69 Å². The van der Waals surface area contributed by atoms with Gasteiger partial charge in [0.2, 0.25) is 0 Å². The first-order valence-corrected chi connectivity index (χ1v) is 4.11. The predicted octanol–water partition coefficient (Wildman–Crippen LogP) is 1.94. The summed E-state index contributed by atoms with van der Waals surface area (Å²) in [5, 5.41) is 9.14. The minimum absolute atomic E-state index is 0.0214. The maximum absolute atomic E-state index is 11.0. The van der Waals surface area contributed by atoms with E-state index in [1.165, 1.54) is 19.1 Å². The standard InChI is InChI=1S/C8H8BrNO2/c1-4(11)5-2-3-6(12)8(10)7(5)9/h2-3,12H,10H2,1H3. The Morgan fingerprint density at radius 1 is 1.58 bits per heavy atom. The summed E-state index contributed by atoms with van der Waals surface area (Å²) in [5.41, 5.74) is 6.15. The van der Waals surface area contributed by atoms with Gasteiger partial charge in [-0.15, -0.1) is 0 Å². The fourth-order valence-electron chi connectivity index (χ4n) is 0.855. The highest BCUT2D eigenvalue weighted by molar-refractivity contribution is 9.10. The van der Waals surface area contributed by atoms with Crippen molar-refractivity contribution in [3.63, 3.8) is 0 Å². The third-order valence-corrected chi connectivity index (χ3v) is 2.39. The van der Waals surface area contributed by atoms with Crippen molar-refractivity contribution in [1.29, 1.82) is 0 Å². The molecule has 4 heteroatoms. The number of hydrogen-bond donors (Lipinski definition) is 2. The van der Waals surface area contributed by atoms with Crippen LogP contribution in [0.25, 0.3) is 0 Å². The second kappa shape index (κ2) is 3.15. The monoisotopic (exact) mass is 229 g/mol. The molecule has 64 valence electrons. The Hall–Kier alpha value is -1.03.